The molecule has 0 aromatic rings. The average molecular weight is 228 g/mol. The lowest BCUT2D eigenvalue weighted by molar-refractivity contribution is 0.0939. The minimum atomic E-state index is -0.381. The Bertz CT molecular complexity index is 231. The molecule has 3 atom stereocenters. The predicted octanol–water partition coefficient (Wildman–Crippen LogP) is 1.63. The number of amides is 2. The van der Waals surface area contributed by atoms with E-state index in [0.29, 0.717) is 5.92 Å². The summed E-state index contributed by atoms with van der Waals surface area (Å²) in [6.07, 6.45) is 3.44. The molecule has 0 radical (unpaired) electrons. The van der Waals surface area contributed by atoms with Crippen molar-refractivity contribution in [2.45, 2.75) is 64.6 Å². The van der Waals surface area contributed by atoms with Crippen molar-refractivity contribution in [1.82, 2.24) is 10.6 Å². The number of hydrogen-bond donors (Lipinski definition) is 3. The van der Waals surface area contributed by atoms with Crippen LogP contribution in [0.1, 0.15) is 46.5 Å². The van der Waals surface area contributed by atoms with Crippen LogP contribution in [0.2, 0.25) is 0 Å². The third-order valence-electron chi connectivity index (χ3n) is 3.40. The average Bonchev–Trinajstić information content (AvgIpc) is 2.21. The van der Waals surface area contributed by atoms with Crippen molar-refractivity contribution < 1.29 is 9.90 Å². The first-order chi connectivity index (χ1) is 7.50. The van der Waals surface area contributed by atoms with Crippen molar-refractivity contribution in [3.05, 3.63) is 0 Å². The van der Waals surface area contributed by atoms with Gasteiger partial charge in [-0.3, -0.25) is 0 Å². The molecule has 16 heavy (non-hydrogen) atoms. The van der Waals surface area contributed by atoms with Gasteiger partial charge in [0.1, 0.15) is 0 Å². The van der Waals surface area contributed by atoms with Gasteiger partial charge in [0.15, 0.2) is 0 Å². The Morgan fingerprint density at radius 2 is 1.88 bits per heavy atom. The molecule has 3 N–H and O–H groups in total. The highest BCUT2D eigenvalue weighted by Gasteiger charge is 2.24. The maximum absolute atomic E-state index is 11.6. The zero-order valence-electron chi connectivity index (χ0n) is 10.5. The van der Waals surface area contributed by atoms with Crippen LogP contribution in [0.25, 0.3) is 0 Å². The molecule has 4 heteroatoms. The van der Waals surface area contributed by atoms with Crippen LogP contribution >= 0.6 is 0 Å². The Balaban J connectivity index is 2.32. The van der Waals surface area contributed by atoms with Gasteiger partial charge in [0.05, 0.1) is 12.1 Å². The Labute approximate surface area is 97.8 Å². The van der Waals surface area contributed by atoms with Gasteiger partial charge in [0, 0.05) is 6.04 Å². The number of carbonyl (C=O) groups is 1. The fraction of sp³-hybridized carbons (Fsp3) is 0.917. The van der Waals surface area contributed by atoms with E-state index in [0.717, 1.165) is 25.7 Å². The van der Waals surface area contributed by atoms with Gasteiger partial charge in [-0.25, -0.2) is 4.79 Å². The zero-order valence-corrected chi connectivity index (χ0v) is 10.5. The molecule has 1 fully saturated rings. The summed E-state index contributed by atoms with van der Waals surface area (Å²) < 4.78 is 0. The molecule has 4 nitrogen and oxygen atoms in total. The van der Waals surface area contributed by atoms with Crippen molar-refractivity contribution in [1.29, 1.82) is 0 Å². The summed E-state index contributed by atoms with van der Waals surface area (Å²) in [4.78, 5) is 11.6. The van der Waals surface area contributed by atoms with Crippen LogP contribution < -0.4 is 10.6 Å². The van der Waals surface area contributed by atoms with Gasteiger partial charge in [-0.1, -0.05) is 26.7 Å². The first kappa shape index (κ1) is 13.3. The van der Waals surface area contributed by atoms with Crippen molar-refractivity contribution in [2.24, 2.45) is 5.92 Å². The largest absolute Gasteiger partial charge is 0.391 e. The minimum absolute atomic E-state index is 0.0758. The van der Waals surface area contributed by atoms with Gasteiger partial charge in [0.2, 0.25) is 0 Å². The number of hydrogen-bond acceptors (Lipinski definition) is 2. The van der Waals surface area contributed by atoms with E-state index >= 15 is 0 Å². The van der Waals surface area contributed by atoms with E-state index < -0.39 is 0 Å². The van der Waals surface area contributed by atoms with E-state index in [2.05, 4.69) is 24.5 Å². The third kappa shape index (κ3) is 4.00. The summed E-state index contributed by atoms with van der Waals surface area (Å²) in [6.45, 7) is 6.13. The number of rotatable bonds is 3. The number of aliphatic hydroxyl groups is 1. The van der Waals surface area contributed by atoms with Gasteiger partial charge in [-0.05, 0) is 25.7 Å². The lowest BCUT2D eigenvalue weighted by Gasteiger charge is -2.29. The van der Waals surface area contributed by atoms with Crippen LogP contribution in [0, 0.1) is 5.92 Å². The summed E-state index contributed by atoms with van der Waals surface area (Å²) in [5, 5.41) is 15.5. The Kier molecular flexibility index (Phi) is 5.06. The molecular formula is C12H24N2O2. The second kappa shape index (κ2) is 6.09. The summed E-state index contributed by atoms with van der Waals surface area (Å²) in [5.41, 5.74) is 0. The van der Waals surface area contributed by atoms with Crippen molar-refractivity contribution >= 4 is 6.03 Å². The number of carbonyl (C=O) groups excluding carboxylic acids is 1. The molecule has 0 bridgehead atoms. The number of urea groups is 1. The van der Waals surface area contributed by atoms with Crippen LogP contribution in [-0.4, -0.2) is 29.3 Å². The maximum Gasteiger partial charge on any atom is 0.315 e. The molecule has 1 aliphatic carbocycles. The quantitative estimate of drug-likeness (QED) is 0.687. The Hall–Kier alpha value is -0.770. The standard InChI is InChI=1S/C12H24N2O2/c1-8(2)9(3)13-12(16)14-10-6-4-5-7-11(10)15/h8-11,15H,4-7H2,1-3H3,(H2,13,14,16). The van der Waals surface area contributed by atoms with E-state index in [-0.39, 0.29) is 24.2 Å². The topological polar surface area (TPSA) is 61.4 Å². The van der Waals surface area contributed by atoms with E-state index in [1.54, 1.807) is 0 Å². The van der Waals surface area contributed by atoms with Crippen LogP contribution in [0.4, 0.5) is 4.79 Å². The van der Waals surface area contributed by atoms with Gasteiger partial charge >= 0.3 is 6.03 Å². The number of aliphatic hydroxyl groups excluding tert-OH is 1. The Morgan fingerprint density at radius 1 is 1.25 bits per heavy atom. The van der Waals surface area contributed by atoms with Gasteiger partial charge in [-0.15, -0.1) is 0 Å². The molecule has 2 amide bonds. The van der Waals surface area contributed by atoms with Crippen molar-refractivity contribution in [2.75, 3.05) is 0 Å². The highest BCUT2D eigenvalue weighted by molar-refractivity contribution is 5.74. The molecule has 1 rings (SSSR count). The lowest BCUT2D eigenvalue weighted by atomic mass is 9.93. The fourth-order valence-corrected chi connectivity index (χ4v) is 1.86. The zero-order chi connectivity index (χ0) is 12.1. The molecule has 0 aromatic carbocycles. The van der Waals surface area contributed by atoms with Gasteiger partial charge in [-0.2, -0.15) is 0 Å². The van der Waals surface area contributed by atoms with Crippen LogP contribution in [0.3, 0.4) is 0 Å². The molecule has 3 unspecified atom stereocenters. The van der Waals surface area contributed by atoms with Crippen molar-refractivity contribution in [3.63, 3.8) is 0 Å². The monoisotopic (exact) mass is 228 g/mol. The first-order valence-corrected chi connectivity index (χ1v) is 6.25. The summed E-state index contributed by atoms with van der Waals surface area (Å²) >= 11 is 0. The molecule has 0 spiro atoms. The maximum atomic E-state index is 11.6. The smallest absolute Gasteiger partial charge is 0.315 e. The number of nitrogens with one attached hydrogen (secondary N) is 2. The Morgan fingerprint density at radius 3 is 2.44 bits per heavy atom. The van der Waals surface area contributed by atoms with Crippen LogP contribution in [0.15, 0.2) is 0 Å². The first-order valence-electron chi connectivity index (χ1n) is 6.25. The van der Waals surface area contributed by atoms with Gasteiger partial charge in [0.25, 0.3) is 0 Å². The molecular weight excluding hydrogens is 204 g/mol. The fourth-order valence-electron chi connectivity index (χ4n) is 1.86. The van der Waals surface area contributed by atoms with Crippen LogP contribution in [-0.2, 0) is 0 Å². The highest BCUT2D eigenvalue weighted by Crippen LogP contribution is 2.18. The molecule has 0 aliphatic heterocycles. The normalized spacial score (nSPS) is 27.6. The summed E-state index contributed by atoms with van der Waals surface area (Å²) in [5.74, 6) is 0.419. The molecule has 0 saturated heterocycles. The van der Waals surface area contributed by atoms with E-state index in [4.69, 9.17) is 0 Å². The van der Waals surface area contributed by atoms with E-state index in [1.165, 1.54) is 0 Å². The van der Waals surface area contributed by atoms with Crippen molar-refractivity contribution in [3.8, 4) is 0 Å². The summed E-state index contributed by atoms with van der Waals surface area (Å²) in [7, 11) is 0. The van der Waals surface area contributed by atoms with Crippen LogP contribution in [0.5, 0.6) is 0 Å². The van der Waals surface area contributed by atoms with E-state index in [1.807, 2.05) is 6.92 Å². The second-order valence-corrected chi connectivity index (χ2v) is 5.11. The third-order valence-corrected chi connectivity index (χ3v) is 3.40. The van der Waals surface area contributed by atoms with E-state index in [9.17, 15) is 9.90 Å². The second-order valence-electron chi connectivity index (χ2n) is 5.11. The van der Waals surface area contributed by atoms with Gasteiger partial charge < -0.3 is 15.7 Å². The molecule has 1 saturated carbocycles. The molecule has 0 aromatic heterocycles. The highest BCUT2D eigenvalue weighted by atomic mass is 16.3. The lowest BCUT2D eigenvalue weighted by Crippen LogP contribution is -2.51. The summed E-state index contributed by atoms with van der Waals surface area (Å²) in [6, 6.07) is -0.0824. The predicted molar refractivity (Wildman–Crippen MR) is 64.2 cm³/mol. The SMILES string of the molecule is CC(C)C(C)NC(=O)NC1CCCCC1O. The molecule has 0 heterocycles. The minimum Gasteiger partial charge on any atom is -0.391 e. The molecule has 1 aliphatic rings. The molecule has 94 valence electrons.